The van der Waals surface area contributed by atoms with Gasteiger partial charge in [-0.25, -0.2) is 13.2 Å². The first-order chi connectivity index (χ1) is 9.60. The minimum atomic E-state index is -6.42. The van der Waals surface area contributed by atoms with Crippen LogP contribution >= 0.6 is 0 Å². The van der Waals surface area contributed by atoms with Gasteiger partial charge < -0.3 is 19.8 Å². The molecule has 22 heavy (non-hydrogen) atoms. The van der Waals surface area contributed by atoms with E-state index in [1.54, 1.807) is 0 Å². The van der Waals surface area contributed by atoms with Crippen molar-refractivity contribution in [3.63, 3.8) is 0 Å². The molecule has 0 aromatic heterocycles. The molecule has 1 unspecified atom stereocenters. The molecule has 14 heteroatoms. The number of hydrogen-bond donors (Lipinski definition) is 1. The normalized spacial score (nSPS) is 15.7. The van der Waals surface area contributed by atoms with Crippen LogP contribution in [0.2, 0.25) is 0 Å². The Bertz CT molecular complexity index is 572. The third-order valence-corrected chi connectivity index (χ3v) is 2.77. The van der Waals surface area contributed by atoms with E-state index in [-0.39, 0.29) is 6.08 Å². The molecule has 0 spiro atoms. The maximum Gasteiger partial charge on any atom is 0.466 e. The van der Waals surface area contributed by atoms with Crippen LogP contribution < -0.4 is 5.73 Å². The van der Waals surface area contributed by atoms with Crippen molar-refractivity contribution in [2.24, 2.45) is 5.73 Å². The summed E-state index contributed by atoms with van der Waals surface area (Å²) in [6, 6.07) is 0. The van der Waals surface area contributed by atoms with Crippen LogP contribution in [0.25, 0.3) is 0 Å². The average molecular weight is 356 g/mol. The first kappa shape index (κ1) is 20.2. The fraction of sp³-hybridized carbons (Fsp3) is 0.500. The Balaban J connectivity index is 5.75. The molecule has 1 amide bonds. The number of hydrogen-bond acceptors (Lipinski definition) is 7. The van der Waals surface area contributed by atoms with Gasteiger partial charge in [-0.05, 0) is 0 Å². The second-order valence-corrected chi connectivity index (χ2v) is 4.99. The van der Waals surface area contributed by atoms with E-state index in [1.807, 2.05) is 0 Å². The highest BCUT2D eigenvalue weighted by molar-refractivity contribution is 7.86. The number of esters is 1. The number of primary amides is 1. The van der Waals surface area contributed by atoms with Gasteiger partial charge in [0.15, 0.2) is 10.1 Å². The Labute approximate surface area is 119 Å². The quantitative estimate of drug-likeness (QED) is 0.216. The van der Waals surface area contributed by atoms with E-state index in [9.17, 15) is 44.5 Å². The highest BCUT2D eigenvalue weighted by Gasteiger charge is 2.66. The SMILES string of the molecule is C=CC(=O)OC(OCC(F)(F)S(=O)(=O)[O-])(C(N)=O)C(F)(F)F. The van der Waals surface area contributed by atoms with E-state index in [0.717, 1.165) is 0 Å². The number of carbonyl (C=O) groups excluding carboxylic acids is 2. The highest BCUT2D eigenvalue weighted by atomic mass is 32.2. The van der Waals surface area contributed by atoms with Gasteiger partial charge >= 0.3 is 29.1 Å². The fourth-order valence-electron chi connectivity index (χ4n) is 0.871. The average Bonchev–Trinajstić information content (AvgIpc) is 2.30. The van der Waals surface area contributed by atoms with Crippen molar-refractivity contribution in [1.82, 2.24) is 0 Å². The summed E-state index contributed by atoms with van der Waals surface area (Å²) in [5, 5.41) is -5.35. The summed E-state index contributed by atoms with van der Waals surface area (Å²) >= 11 is 0. The Kier molecular flexibility index (Phi) is 5.63. The standard InChI is InChI=1S/C8H8F5NO7S/c1-2-4(15)21-7(5(14)16,8(11,12)13)20-3-6(9,10)22(17,18)19/h2H,1,3H2,(H2,14,16)(H,17,18,19)/p-1. The lowest BCUT2D eigenvalue weighted by Crippen LogP contribution is -2.61. The van der Waals surface area contributed by atoms with E-state index in [4.69, 9.17) is 0 Å². The number of carbonyl (C=O) groups is 2. The summed E-state index contributed by atoms with van der Waals surface area (Å²) in [5.41, 5.74) is 4.33. The molecule has 0 aliphatic rings. The van der Waals surface area contributed by atoms with E-state index >= 15 is 0 Å². The number of rotatable bonds is 7. The van der Waals surface area contributed by atoms with E-state index < -0.39 is 45.8 Å². The second-order valence-electron chi connectivity index (χ2n) is 3.48. The third kappa shape index (κ3) is 4.11. The molecule has 8 nitrogen and oxygen atoms in total. The van der Waals surface area contributed by atoms with Gasteiger partial charge in [0, 0.05) is 6.08 Å². The smallest absolute Gasteiger partial charge is 0.466 e. The molecule has 1 atom stereocenters. The van der Waals surface area contributed by atoms with Gasteiger partial charge in [0.05, 0.1) is 0 Å². The lowest BCUT2D eigenvalue weighted by atomic mass is 10.2. The van der Waals surface area contributed by atoms with Crippen LogP contribution in [0.5, 0.6) is 0 Å². The fourth-order valence-corrected chi connectivity index (χ4v) is 1.07. The van der Waals surface area contributed by atoms with Crippen LogP contribution in [-0.2, 0) is 29.2 Å². The molecule has 0 aromatic carbocycles. The zero-order valence-corrected chi connectivity index (χ0v) is 11.0. The number of halogens is 5. The highest BCUT2D eigenvalue weighted by Crippen LogP contribution is 2.37. The molecule has 0 aromatic rings. The van der Waals surface area contributed by atoms with Crippen molar-refractivity contribution < 1.29 is 54.0 Å². The molecule has 128 valence electrons. The predicted molar refractivity (Wildman–Crippen MR) is 54.9 cm³/mol. The molecular weight excluding hydrogens is 349 g/mol. The minimum absolute atomic E-state index is 0.120. The van der Waals surface area contributed by atoms with Gasteiger partial charge in [0.25, 0.3) is 0 Å². The zero-order chi connectivity index (χ0) is 18.0. The van der Waals surface area contributed by atoms with Crippen molar-refractivity contribution in [2.75, 3.05) is 6.61 Å². The van der Waals surface area contributed by atoms with Gasteiger partial charge in [0.1, 0.15) is 6.61 Å². The lowest BCUT2D eigenvalue weighted by Gasteiger charge is -2.32. The monoisotopic (exact) mass is 356 g/mol. The molecule has 0 bridgehead atoms. The van der Waals surface area contributed by atoms with E-state index in [2.05, 4.69) is 21.8 Å². The van der Waals surface area contributed by atoms with Gasteiger partial charge in [-0.1, -0.05) is 6.58 Å². The summed E-state index contributed by atoms with van der Waals surface area (Å²) in [7, 11) is -6.42. The molecule has 0 radical (unpaired) electrons. The van der Waals surface area contributed by atoms with Crippen molar-refractivity contribution >= 4 is 22.0 Å². The summed E-state index contributed by atoms with van der Waals surface area (Å²) in [6.45, 7) is -0.0536. The maximum absolute atomic E-state index is 12.8. The van der Waals surface area contributed by atoms with E-state index in [0.29, 0.717) is 0 Å². The number of nitrogens with two attached hydrogens (primary N) is 1. The largest absolute Gasteiger partial charge is 0.743 e. The maximum atomic E-state index is 12.8. The summed E-state index contributed by atoms with van der Waals surface area (Å²) in [5.74, 6) is -9.26. The molecular formula is C8H7F5NO7S-. The van der Waals surface area contributed by atoms with Gasteiger partial charge in [-0.15, -0.1) is 0 Å². The van der Waals surface area contributed by atoms with Crippen molar-refractivity contribution in [3.05, 3.63) is 12.7 Å². The second kappa shape index (κ2) is 6.13. The molecule has 0 saturated heterocycles. The van der Waals surface area contributed by atoms with Crippen LogP contribution in [-0.4, -0.2) is 48.7 Å². The van der Waals surface area contributed by atoms with E-state index in [1.165, 1.54) is 0 Å². The summed E-state index contributed by atoms with van der Waals surface area (Å²) < 4.78 is 101. The molecule has 0 rings (SSSR count). The Hall–Kier alpha value is -1.80. The number of ether oxygens (including phenoxy) is 2. The van der Waals surface area contributed by atoms with Gasteiger partial charge in [-0.3, -0.25) is 4.79 Å². The summed E-state index contributed by atoms with van der Waals surface area (Å²) in [6.07, 6.45) is -5.84. The Morgan fingerprint density at radius 1 is 1.23 bits per heavy atom. The summed E-state index contributed by atoms with van der Waals surface area (Å²) in [4.78, 5) is 21.7. The Morgan fingerprint density at radius 2 is 1.68 bits per heavy atom. The first-order valence-electron chi connectivity index (χ1n) is 4.80. The predicted octanol–water partition coefficient (Wildman–Crippen LogP) is -0.386. The number of amides is 1. The van der Waals surface area contributed by atoms with Crippen LogP contribution in [0.4, 0.5) is 22.0 Å². The zero-order valence-electron chi connectivity index (χ0n) is 10.2. The van der Waals surface area contributed by atoms with Gasteiger partial charge in [-0.2, -0.15) is 22.0 Å². The molecule has 0 fully saturated rings. The van der Waals surface area contributed by atoms with Crippen LogP contribution in [0.1, 0.15) is 0 Å². The molecule has 2 N–H and O–H groups in total. The van der Waals surface area contributed by atoms with Crippen LogP contribution in [0.15, 0.2) is 12.7 Å². The van der Waals surface area contributed by atoms with Gasteiger partial charge in [0.2, 0.25) is 0 Å². The molecule has 0 aliphatic heterocycles. The first-order valence-corrected chi connectivity index (χ1v) is 6.21. The van der Waals surface area contributed by atoms with Crippen molar-refractivity contribution in [2.45, 2.75) is 17.2 Å². The topological polar surface area (TPSA) is 136 Å². The minimum Gasteiger partial charge on any atom is -0.743 e. The van der Waals surface area contributed by atoms with Crippen LogP contribution in [0.3, 0.4) is 0 Å². The van der Waals surface area contributed by atoms with Crippen molar-refractivity contribution in [1.29, 1.82) is 0 Å². The van der Waals surface area contributed by atoms with Crippen LogP contribution in [0, 0.1) is 0 Å². The Morgan fingerprint density at radius 3 is 1.95 bits per heavy atom. The van der Waals surface area contributed by atoms with Crippen molar-refractivity contribution in [3.8, 4) is 0 Å². The molecule has 0 aliphatic carbocycles. The lowest BCUT2D eigenvalue weighted by molar-refractivity contribution is -0.351. The molecule has 0 heterocycles. The number of alkyl halides is 5. The molecule has 0 saturated carbocycles. The third-order valence-electron chi connectivity index (χ3n) is 1.92.